The van der Waals surface area contributed by atoms with Crippen LogP contribution in [0.2, 0.25) is 0 Å². The van der Waals surface area contributed by atoms with Crippen LogP contribution in [0.15, 0.2) is 29.3 Å². The number of amides is 1. The number of nitrogens with two attached hydrogens (primary N) is 1. The van der Waals surface area contributed by atoms with Gasteiger partial charge in [-0.05, 0) is 48.8 Å². The molecule has 1 heterocycles. The summed E-state index contributed by atoms with van der Waals surface area (Å²) in [6.07, 6.45) is 8.37. The molecule has 1 aromatic rings. The number of likely N-dealkylation sites (tertiary alicyclic amines) is 1. The van der Waals surface area contributed by atoms with Crippen molar-refractivity contribution in [2.75, 3.05) is 26.7 Å². The van der Waals surface area contributed by atoms with E-state index in [1.165, 1.54) is 50.7 Å². The fraction of sp³-hybridized carbons (Fsp3) is 0.619. The van der Waals surface area contributed by atoms with Crippen LogP contribution in [-0.2, 0) is 11.2 Å². The lowest BCUT2D eigenvalue weighted by Crippen LogP contribution is -2.45. The molecule has 0 radical (unpaired) electrons. The molecule has 1 spiro atoms. The van der Waals surface area contributed by atoms with E-state index >= 15 is 0 Å². The molecule has 1 atom stereocenters. The number of primary amides is 1. The number of hydrogen-bond acceptors (Lipinski definition) is 2. The second-order valence-electron chi connectivity index (χ2n) is 8.09. The molecule has 1 aliphatic carbocycles. The van der Waals surface area contributed by atoms with E-state index in [1.807, 2.05) is 0 Å². The molecule has 2 fully saturated rings. The number of halogens is 2. The SMILES string of the molecule is CN=C(NCC(Cc1ccc(F)cc1)C(N)=O)N1CCC2(CCCCC2)C1.I. The normalized spacial score (nSPS) is 19.9. The molecule has 156 valence electrons. The summed E-state index contributed by atoms with van der Waals surface area (Å²) in [5.74, 6) is -0.146. The van der Waals surface area contributed by atoms with E-state index < -0.39 is 0 Å². The fourth-order valence-corrected chi connectivity index (χ4v) is 4.55. The third kappa shape index (κ3) is 5.81. The van der Waals surface area contributed by atoms with Crippen molar-refractivity contribution in [3.63, 3.8) is 0 Å². The lowest BCUT2D eigenvalue weighted by Gasteiger charge is -2.33. The highest BCUT2D eigenvalue weighted by Gasteiger charge is 2.39. The Morgan fingerprint density at radius 2 is 1.93 bits per heavy atom. The van der Waals surface area contributed by atoms with Gasteiger partial charge in [-0.3, -0.25) is 9.79 Å². The number of rotatable bonds is 5. The van der Waals surface area contributed by atoms with Crippen molar-refractivity contribution in [1.82, 2.24) is 10.2 Å². The lowest BCUT2D eigenvalue weighted by atomic mass is 9.73. The molecule has 1 amide bonds. The monoisotopic (exact) mass is 502 g/mol. The van der Waals surface area contributed by atoms with Crippen LogP contribution in [0.3, 0.4) is 0 Å². The summed E-state index contributed by atoms with van der Waals surface area (Å²) in [5.41, 5.74) is 6.95. The quantitative estimate of drug-likeness (QED) is 0.369. The van der Waals surface area contributed by atoms with E-state index in [0.29, 0.717) is 18.4 Å². The Labute approximate surface area is 184 Å². The first-order chi connectivity index (χ1) is 13.0. The molecule has 1 aliphatic heterocycles. The molecular formula is C21H32FIN4O. The summed E-state index contributed by atoms with van der Waals surface area (Å²) in [6, 6.07) is 6.22. The standard InChI is InChI=1S/C21H31FN4O.HI/c1-24-20(26-12-11-21(15-26)9-3-2-4-10-21)25-14-17(19(23)27)13-16-5-7-18(22)8-6-16;/h5-8,17H,2-4,9-15H2,1H3,(H2,23,27)(H,24,25);1H. The maximum absolute atomic E-state index is 13.1. The van der Waals surface area contributed by atoms with E-state index in [2.05, 4.69) is 15.2 Å². The zero-order valence-corrected chi connectivity index (χ0v) is 19.0. The molecule has 5 nitrogen and oxygen atoms in total. The van der Waals surface area contributed by atoms with Gasteiger partial charge in [0.1, 0.15) is 5.82 Å². The first kappa shape index (κ1) is 22.9. The zero-order valence-electron chi connectivity index (χ0n) is 16.6. The summed E-state index contributed by atoms with van der Waals surface area (Å²) < 4.78 is 13.1. The minimum Gasteiger partial charge on any atom is -0.369 e. The fourth-order valence-electron chi connectivity index (χ4n) is 4.55. The molecule has 1 saturated heterocycles. The molecule has 0 aromatic heterocycles. The van der Waals surface area contributed by atoms with Crippen molar-refractivity contribution in [2.24, 2.45) is 22.1 Å². The molecule has 3 N–H and O–H groups in total. The van der Waals surface area contributed by atoms with Crippen molar-refractivity contribution in [1.29, 1.82) is 0 Å². The summed E-state index contributed by atoms with van der Waals surface area (Å²) >= 11 is 0. The van der Waals surface area contributed by atoms with Crippen molar-refractivity contribution in [3.8, 4) is 0 Å². The minimum absolute atomic E-state index is 0. The second kappa shape index (κ2) is 10.4. The highest BCUT2D eigenvalue weighted by atomic mass is 127. The smallest absolute Gasteiger partial charge is 0.222 e. The first-order valence-corrected chi connectivity index (χ1v) is 10.0. The van der Waals surface area contributed by atoms with Crippen molar-refractivity contribution >= 4 is 35.8 Å². The molecule has 7 heteroatoms. The summed E-state index contributed by atoms with van der Waals surface area (Å²) in [5, 5.41) is 3.35. The van der Waals surface area contributed by atoms with Crippen molar-refractivity contribution < 1.29 is 9.18 Å². The number of nitrogens with one attached hydrogen (secondary N) is 1. The summed E-state index contributed by atoms with van der Waals surface area (Å²) in [7, 11) is 1.79. The molecule has 3 rings (SSSR count). The molecular weight excluding hydrogens is 470 g/mol. The van der Waals surface area contributed by atoms with Gasteiger partial charge in [0.25, 0.3) is 0 Å². The van der Waals surface area contributed by atoms with Gasteiger partial charge in [0.15, 0.2) is 5.96 Å². The molecule has 1 unspecified atom stereocenters. The van der Waals surface area contributed by atoms with Crippen molar-refractivity contribution in [3.05, 3.63) is 35.6 Å². The van der Waals surface area contributed by atoms with Gasteiger partial charge in [-0.1, -0.05) is 31.4 Å². The van der Waals surface area contributed by atoms with Crippen LogP contribution < -0.4 is 11.1 Å². The van der Waals surface area contributed by atoms with Crippen LogP contribution in [0.25, 0.3) is 0 Å². The van der Waals surface area contributed by atoms with Crippen LogP contribution in [0.4, 0.5) is 4.39 Å². The van der Waals surface area contributed by atoms with E-state index in [1.54, 1.807) is 19.2 Å². The summed E-state index contributed by atoms with van der Waals surface area (Å²) in [4.78, 5) is 18.6. The lowest BCUT2D eigenvalue weighted by molar-refractivity contribution is -0.121. The Balaban J connectivity index is 0.00000280. The average molecular weight is 502 g/mol. The number of carbonyl (C=O) groups excluding carboxylic acids is 1. The predicted octanol–water partition coefficient (Wildman–Crippen LogP) is 3.32. The van der Waals surface area contributed by atoms with Crippen LogP contribution in [0, 0.1) is 17.2 Å². The van der Waals surface area contributed by atoms with Crippen LogP contribution >= 0.6 is 24.0 Å². The van der Waals surface area contributed by atoms with Crippen LogP contribution in [-0.4, -0.2) is 43.4 Å². The number of aliphatic imine (C=N–C) groups is 1. The Bertz CT molecular complexity index is 673. The minimum atomic E-state index is -0.363. The van der Waals surface area contributed by atoms with Gasteiger partial charge in [0, 0.05) is 26.7 Å². The van der Waals surface area contributed by atoms with Gasteiger partial charge < -0.3 is 16.0 Å². The van der Waals surface area contributed by atoms with Gasteiger partial charge in [-0.2, -0.15) is 0 Å². The first-order valence-electron chi connectivity index (χ1n) is 10.0. The van der Waals surface area contributed by atoms with Crippen molar-refractivity contribution in [2.45, 2.75) is 44.9 Å². The third-order valence-corrected chi connectivity index (χ3v) is 6.17. The molecule has 1 aromatic carbocycles. The second-order valence-corrected chi connectivity index (χ2v) is 8.09. The molecule has 1 saturated carbocycles. The molecule has 2 aliphatic rings. The molecule has 0 bridgehead atoms. The Morgan fingerprint density at radius 1 is 1.25 bits per heavy atom. The maximum Gasteiger partial charge on any atom is 0.222 e. The summed E-state index contributed by atoms with van der Waals surface area (Å²) in [6.45, 7) is 2.49. The van der Waals surface area contributed by atoms with E-state index in [9.17, 15) is 9.18 Å². The van der Waals surface area contributed by atoms with Crippen LogP contribution in [0.1, 0.15) is 44.1 Å². The van der Waals surface area contributed by atoms with E-state index in [-0.39, 0.29) is 41.6 Å². The van der Waals surface area contributed by atoms with E-state index in [4.69, 9.17) is 5.73 Å². The van der Waals surface area contributed by atoms with Gasteiger partial charge >= 0.3 is 0 Å². The highest BCUT2D eigenvalue weighted by Crippen LogP contribution is 2.43. The van der Waals surface area contributed by atoms with Gasteiger partial charge in [-0.15, -0.1) is 24.0 Å². The zero-order chi connectivity index (χ0) is 19.3. The number of guanidine groups is 1. The van der Waals surface area contributed by atoms with Crippen LogP contribution in [0.5, 0.6) is 0 Å². The topological polar surface area (TPSA) is 70.7 Å². The molecule has 28 heavy (non-hydrogen) atoms. The largest absolute Gasteiger partial charge is 0.369 e. The Kier molecular flexibility index (Phi) is 8.52. The third-order valence-electron chi connectivity index (χ3n) is 6.17. The number of nitrogens with zero attached hydrogens (tertiary/aromatic N) is 2. The predicted molar refractivity (Wildman–Crippen MR) is 121 cm³/mol. The Hall–Kier alpha value is -1.38. The number of carbonyl (C=O) groups is 1. The highest BCUT2D eigenvalue weighted by molar-refractivity contribution is 14.0. The Morgan fingerprint density at radius 3 is 2.54 bits per heavy atom. The van der Waals surface area contributed by atoms with Gasteiger partial charge in [0.2, 0.25) is 5.91 Å². The van der Waals surface area contributed by atoms with Gasteiger partial charge in [0.05, 0.1) is 5.92 Å². The number of benzene rings is 1. The number of hydrogen-bond donors (Lipinski definition) is 2. The van der Waals surface area contributed by atoms with Gasteiger partial charge in [-0.25, -0.2) is 4.39 Å². The maximum atomic E-state index is 13.1. The van der Waals surface area contributed by atoms with E-state index in [0.717, 1.165) is 24.6 Å². The average Bonchev–Trinajstić information content (AvgIpc) is 3.06.